The largest absolute Gasteiger partial charge is 0.469 e. The number of hydrogen-bond donors (Lipinski definition) is 0. The summed E-state index contributed by atoms with van der Waals surface area (Å²) in [5, 5.41) is 10.6. The maximum atomic E-state index is 12.3. The number of benzene rings is 1. The summed E-state index contributed by atoms with van der Waals surface area (Å²) in [5.41, 5.74) is 6.57. The topological polar surface area (TPSA) is 169 Å². The highest BCUT2D eigenvalue weighted by molar-refractivity contribution is 14.1. The van der Waals surface area contributed by atoms with Crippen LogP contribution in [0.1, 0.15) is 74.6 Å². The maximum absolute atomic E-state index is 12.3. The van der Waals surface area contributed by atoms with Crippen LogP contribution in [0.15, 0.2) is 61.1 Å². The van der Waals surface area contributed by atoms with Crippen LogP contribution in [0.2, 0.25) is 103 Å². The van der Waals surface area contributed by atoms with E-state index in [-0.39, 0.29) is 29.7 Å². The van der Waals surface area contributed by atoms with Gasteiger partial charge < -0.3 is 38.2 Å². The van der Waals surface area contributed by atoms with E-state index in [1.165, 1.54) is 14.2 Å². The summed E-state index contributed by atoms with van der Waals surface area (Å²) in [4.78, 5) is 43.6. The molecule has 2 aliphatic rings. The first kappa shape index (κ1) is 66.4. The first-order chi connectivity index (χ1) is 39.3. The molecule has 5 aromatic heterocycles. The van der Waals surface area contributed by atoms with Crippen molar-refractivity contribution < 1.29 is 38.0 Å². The van der Waals surface area contributed by atoms with E-state index in [1.807, 2.05) is 45.8 Å². The van der Waals surface area contributed by atoms with Gasteiger partial charge >= 0.3 is 11.9 Å². The SMILES string of the molecule is COC(=O)C1CCC(c2cc(N(COCC[Si](C)(C)C)COCC[Si](C)(C)C)n3ncc(-c4cnc5ccccc5c4)c3n2)CC1.COC(=O)C1CCC(c2cc(N(COCC[Si](C)(C)C)COCC[Si](C)(C)C)n3ncc(I)c3n2)CC1. The van der Waals surface area contributed by atoms with Crippen molar-refractivity contribution in [3.8, 4) is 11.1 Å². The Morgan fingerprint density at radius 3 is 1.36 bits per heavy atom. The molecule has 456 valence electrons. The van der Waals surface area contributed by atoms with Crippen molar-refractivity contribution in [3.63, 3.8) is 0 Å². The summed E-state index contributed by atoms with van der Waals surface area (Å²) in [5.74, 6) is 2.12. The van der Waals surface area contributed by atoms with Crippen molar-refractivity contribution in [1.82, 2.24) is 34.2 Å². The number of fused-ring (bicyclic) bond motifs is 3. The molecular formula is C61H96IN9O8Si4. The first-order valence-corrected chi connectivity index (χ1v) is 45.9. The molecule has 5 heterocycles. The zero-order valence-electron chi connectivity index (χ0n) is 52.4. The van der Waals surface area contributed by atoms with Crippen molar-refractivity contribution in [1.29, 1.82) is 0 Å². The Labute approximate surface area is 511 Å². The number of hydrogen-bond acceptors (Lipinski definition) is 15. The van der Waals surface area contributed by atoms with Gasteiger partial charge in [0.05, 0.1) is 47.5 Å². The molecule has 0 spiro atoms. The highest BCUT2D eigenvalue weighted by Gasteiger charge is 2.32. The van der Waals surface area contributed by atoms with Crippen LogP contribution in [-0.2, 0) is 38.0 Å². The van der Waals surface area contributed by atoms with Gasteiger partial charge in [0.25, 0.3) is 0 Å². The van der Waals surface area contributed by atoms with Crippen molar-refractivity contribution in [2.45, 2.75) is 166 Å². The summed E-state index contributed by atoms with van der Waals surface area (Å²) < 4.78 is 39.9. The first-order valence-electron chi connectivity index (χ1n) is 30.0. The number of carbonyl (C=O) groups excluding carboxylic acids is 2. The van der Waals surface area contributed by atoms with Crippen LogP contribution < -0.4 is 9.80 Å². The standard InChI is InChI=1S/C35H51N5O4Si2.C26H45IN4O4Si2/c1-42-35(41)27-14-12-26(13-15-27)32-21-33(39(24-43-16-18-45(2,3)4)25-44-17-19-46(5,6)7)40-34(38-32)30(23-37-40)29-20-28-10-8-9-11-31(28)36-22-29;1-33-26(32)21-10-8-20(9-11-21)23-16-24(31-25(29-23)22(27)17-28-31)30(18-34-12-14-36(2,3)4)19-35-13-15-37(5,6)7/h8-11,20-23,26-27H,12-19,24-25H2,1-7H3;16-17,20-21H,8-15,18-19H2,1-7H3. The lowest BCUT2D eigenvalue weighted by Gasteiger charge is -2.29. The summed E-state index contributed by atoms with van der Waals surface area (Å²) in [7, 11) is -1.89. The van der Waals surface area contributed by atoms with Crippen LogP contribution in [0.4, 0.5) is 11.6 Å². The van der Waals surface area contributed by atoms with Crippen LogP contribution in [0.25, 0.3) is 33.3 Å². The zero-order valence-corrected chi connectivity index (χ0v) is 58.6. The molecular weight excluding hydrogens is 1230 g/mol. The molecule has 0 amide bonds. The van der Waals surface area contributed by atoms with Crippen molar-refractivity contribution in [2.24, 2.45) is 11.8 Å². The highest BCUT2D eigenvalue weighted by Crippen LogP contribution is 2.40. The predicted molar refractivity (Wildman–Crippen MR) is 354 cm³/mol. The minimum atomic E-state index is -1.24. The molecule has 0 unspecified atom stereocenters. The smallest absolute Gasteiger partial charge is 0.308 e. The molecule has 1 aromatic carbocycles. The number of nitrogens with zero attached hydrogens (tertiary/aromatic N) is 9. The molecule has 0 saturated heterocycles. The minimum absolute atomic E-state index is 0.00409. The van der Waals surface area contributed by atoms with Gasteiger partial charge in [0.1, 0.15) is 38.6 Å². The van der Waals surface area contributed by atoms with E-state index in [0.717, 1.165) is 149 Å². The van der Waals surface area contributed by atoms with E-state index in [1.54, 1.807) is 0 Å². The minimum Gasteiger partial charge on any atom is -0.469 e. The van der Waals surface area contributed by atoms with Crippen LogP contribution >= 0.6 is 22.6 Å². The lowest BCUT2D eigenvalue weighted by atomic mass is 9.80. The molecule has 2 aliphatic carbocycles. The molecule has 2 fully saturated rings. The third-order valence-corrected chi connectivity index (χ3v) is 23.4. The molecule has 83 heavy (non-hydrogen) atoms. The molecule has 6 aromatic rings. The molecule has 0 N–H and O–H groups in total. The number of carbonyl (C=O) groups is 2. The second-order valence-corrected chi connectivity index (χ2v) is 51.3. The summed E-state index contributed by atoms with van der Waals surface area (Å²) in [6.07, 6.45) is 12.5. The Kier molecular flexibility index (Phi) is 24.0. The molecule has 0 bridgehead atoms. The molecule has 8 rings (SSSR count). The third kappa shape index (κ3) is 19.9. The Morgan fingerprint density at radius 2 is 0.940 bits per heavy atom. The highest BCUT2D eigenvalue weighted by atomic mass is 127. The lowest BCUT2D eigenvalue weighted by molar-refractivity contribution is -0.147. The van der Waals surface area contributed by atoms with Crippen LogP contribution in [0.5, 0.6) is 0 Å². The van der Waals surface area contributed by atoms with E-state index < -0.39 is 32.3 Å². The van der Waals surface area contributed by atoms with Crippen molar-refractivity contribution in [3.05, 3.63) is 76.0 Å². The molecule has 0 aliphatic heterocycles. The van der Waals surface area contributed by atoms with Crippen molar-refractivity contribution in [2.75, 3.05) is 77.4 Å². The lowest BCUT2D eigenvalue weighted by Crippen LogP contribution is -2.33. The van der Waals surface area contributed by atoms with Gasteiger partial charge in [0.15, 0.2) is 11.3 Å². The Hall–Kier alpha value is -4.15. The average Bonchev–Trinajstić information content (AvgIpc) is 3.11. The number of aromatic nitrogens is 7. The summed E-state index contributed by atoms with van der Waals surface area (Å²) in [6.45, 7) is 33.0. The molecule has 0 atom stereocenters. The van der Waals surface area contributed by atoms with Gasteiger partial charge in [0, 0.05) is 117 Å². The number of rotatable bonds is 27. The molecule has 22 heteroatoms. The van der Waals surface area contributed by atoms with E-state index in [9.17, 15) is 9.59 Å². The zero-order chi connectivity index (χ0) is 60.1. The fourth-order valence-electron chi connectivity index (χ4n) is 10.3. The maximum Gasteiger partial charge on any atom is 0.308 e. The van der Waals surface area contributed by atoms with Gasteiger partial charge in [-0.25, -0.2) is 9.97 Å². The Bertz CT molecular complexity index is 3000. The van der Waals surface area contributed by atoms with Gasteiger partial charge in [-0.2, -0.15) is 19.2 Å². The second-order valence-electron chi connectivity index (χ2n) is 27.6. The normalized spacial score (nSPS) is 18.1. The van der Waals surface area contributed by atoms with Gasteiger partial charge in [-0.15, -0.1) is 0 Å². The number of ether oxygens (including phenoxy) is 6. The van der Waals surface area contributed by atoms with Crippen molar-refractivity contribution >= 4 is 101 Å². The number of pyridine rings is 1. The van der Waals surface area contributed by atoms with Gasteiger partial charge in [-0.3, -0.25) is 14.6 Å². The van der Waals surface area contributed by atoms with E-state index in [4.69, 9.17) is 48.5 Å². The Morgan fingerprint density at radius 1 is 0.542 bits per heavy atom. The van der Waals surface area contributed by atoms with Crippen LogP contribution in [0, 0.1) is 15.4 Å². The third-order valence-electron chi connectivity index (χ3n) is 15.8. The number of halogens is 1. The number of para-hydroxylation sites is 1. The average molecular weight is 1320 g/mol. The second kappa shape index (κ2) is 30.0. The fraction of sp³-hybridized carbons (Fsp3) is 0.623. The quantitative estimate of drug-likeness (QED) is 0.0157. The van der Waals surface area contributed by atoms with E-state index in [2.05, 4.69) is 140 Å². The Balaban J connectivity index is 0.000000245. The molecule has 0 radical (unpaired) electrons. The number of anilines is 2. The van der Waals surface area contributed by atoms with Gasteiger partial charge in [0.2, 0.25) is 0 Å². The molecule has 2 saturated carbocycles. The summed E-state index contributed by atoms with van der Waals surface area (Å²) >= 11 is 2.31. The van der Waals surface area contributed by atoms with E-state index >= 15 is 0 Å². The number of methoxy groups -OCH3 is 2. The van der Waals surface area contributed by atoms with Gasteiger partial charge in [-0.05, 0) is 110 Å². The van der Waals surface area contributed by atoms with Crippen LogP contribution in [-0.4, -0.2) is 146 Å². The molecule has 17 nitrogen and oxygen atoms in total. The fourth-order valence-corrected chi connectivity index (χ4v) is 13.8. The van der Waals surface area contributed by atoms with Crippen LogP contribution in [0.3, 0.4) is 0 Å². The predicted octanol–water partition coefficient (Wildman–Crippen LogP) is 14.0. The van der Waals surface area contributed by atoms with E-state index in [0.29, 0.717) is 46.1 Å². The summed E-state index contributed by atoms with van der Waals surface area (Å²) in [6, 6.07) is 19.1. The monoisotopic (exact) mass is 1320 g/mol. The number of esters is 2. The van der Waals surface area contributed by atoms with Gasteiger partial charge in [-0.1, -0.05) is 96.8 Å².